The topological polar surface area (TPSA) is 45.7 Å². The minimum Gasteiger partial charge on any atom is -0.486 e. The van der Waals surface area contributed by atoms with Gasteiger partial charge in [0.15, 0.2) is 10.9 Å². The monoisotopic (exact) mass is 281 g/mol. The third kappa shape index (κ3) is 2.53. The number of likely N-dealkylation sites (N-methyl/N-ethyl adjacent to an activating group) is 1. The summed E-state index contributed by atoms with van der Waals surface area (Å²) in [6.45, 7) is 2.04. The highest BCUT2D eigenvalue weighted by Gasteiger charge is 2.39. The van der Waals surface area contributed by atoms with E-state index in [1.807, 2.05) is 13.1 Å². The average molecular weight is 282 g/mol. The predicted octanol–water partition coefficient (Wildman–Crippen LogP) is 1.03. The van der Waals surface area contributed by atoms with Gasteiger partial charge in [-0.05, 0) is 12.1 Å². The van der Waals surface area contributed by atoms with Crippen molar-refractivity contribution in [3.63, 3.8) is 0 Å². The number of nitrogens with zero attached hydrogens (tertiary/aromatic N) is 3. The maximum atomic E-state index is 11.7. The number of halogens is 1. The Bertz CT molecular complexity index is 497. The SMILES string of the molecule is CN1C[C@H]2C[C@@H](Oc3cccnc3Cl)CN2CC1=O. The van der Waals surface area contributed by atoms with Crippen molar-refractivity contribution >= 4 is 17.5 Å². The van der Waals surface area contributed by atoms with E-state index in [-0.39, 0.29) is 12.0 Å². The van der Waals surface area contributed by atoms with Crippen molar-refractivity contribution < 1.29 is 9.53 Å². The molecule has 3 heterocycles. The van der Waals surface area contributed by atoms with Gasteiger partial charge in [0.2, 0.25) is 5.91 Å². The minimum atomic E-state index is 0.0750. The average Bonchev–Trinajstić information content (AvgIpc) is 2.74. The van der Waals surface area contributed by atoms with Gasteiger partial charge in [0.25, 0.3) is 0 Å². The van der Waals surface area contributed by atoms with Crippen LogP contribution < -0.4 is 4.74 Å². The highest BCUT2D eigenvalue weighted by atomic mass is 35.5. The van der Waals surface area contributed by atoms with Crippen molar-refractivity contribution in [3.05, 3.63) is 23.5 Å². The Kier molecular flexibility index (Phi) is 3.33. The second-order valence-electron chi connectivity index (χ2n) is 5.13. The Labute approximate surface area is 117 Å². The van der Waals surface area contributed by atoms with E-state index in [0.29, 0.717) is 23.5 Å². The lowest BCUT2D eigenvalue weighted by atomic mass is 10.1. The van der Waals surface area contributed by atoms with Gasteiger partial charge < -0.3 is 9.64 Å². The summed E-state index contributed by atoms with van der Waals surface area (Å²) in [6.07, 6.45) is 2.63. The molecule has 0 radical (unpaired) electrons. The lowest BCUT2D eigenvalue weighted by Crippen LogP contribution is -2.51. The van der Waals surface area contributed by atoms with Crippen LogP contribution in [-0.4, -0.2) is 59.5 Å². The molecule has 5 nitrogen and oxygen atoms in total. The molecule has 6 heteroatoms. The Balaban J connectivity index is 1.66. The van der Waals surface area contributed by atoms with Gasteiger partial charge in [-0.2, -0.15) is 0 Å². The van der Waals surface area contributed by atoms with Gasteiger partial charge in [0.1, 0.15) is 6.10 Å². The zero-order valence-electron chi connectivity index (χ0n) is 10.8. The van der Waals surface area contributed by atoms with Gasteiger partial charge in [-0.1, -0.05) is 11.6 Å². The summed E-state index contributed by atoms with van der Waals surface area (Å²) in [7, 11) is 1.85. The lowest BCUT2D eigenvalue weighted by Gasteiger charge is -2.34. The number of carbonyl (C=O) groups is 1. The van der Waals surface area contributed by atoms with Crippen LogP contribution in [0.25, 0.3) is 0 Å². The van der Waals surface area contributed by atoms with Gasteiger partial charge in [0, 0.05) is 38.8 Å². The molecule has 0 bridgehead atoms. The third-order valence-corrected chi connectivity index (χ3v) is 4.04. The molecule has 2 aliphatic heterocycles. The molecule has 0 aliphatic carbocycles. The van der Waals surface area contributed by atoms with E-state index in [2.05, 4.69) is 9.88 Å². The van der Waals surface area contributed by atoms with E-state index in [1.54, 1.807) is 17.2 Å². The first-order chi connectivity index (χ1) is 9.13. The van der Waals surface area contributed by atoms with Crippen molar-refractivity contribution in [3.8, 4) is 5.75 Å². The summed E-state index contributed by atoms with van der Waals surface area (Å²) in [6, 6.07) is 4.02. The maximum absolute atomic E-state index is 11.7. The van der Waals surface area contributed by atoms with E-state index in [0.717, 1.165) is 19.5 Å². The number of pyridine rings is 1. The quantitative estimate of drug-likeness (QED) is 0.760. The second kappa shape index (κ2) is 4.98. The predicted molar refractivity (Wildman–Crippen MR) is 71.3 cm³/mol. The largest absolute Gasteiger partial charge is 0.486 e. The molecule has 0 spiro atoms. The number of amides is 1. The van der Waals surface area contributed by atoms with Crippen LogP contribution in [-0.2, 0) is 4.79 Å². The Morgan fingerprint density at radius 1 is 1.47 bits per heavy atom. The molecule has 0 unspecified atom stereocenters. The van der Waals surface area contributed by atoms with Crippen LogP contribution in [0.4, 0.5) is 0 Å². The number of ether oxygens (including phenoxy) is 1. The van der Waals surface area contributed by atoms with Crippen molar-refractivity contribution in [1.29, 1.82) is 0 Å². The summed E-state index contributed by atoms with van der Waals surface area (Å²) in [5, 5.41) is 0.389. The van der Waals surface area contributed by atoms with Crippen LogP contribution in [0.2, 0.25) is 5.15 Å². The number of carbonyl (C=O) groups excluding carboxylic acids is 1. The molecular weight excluding hydrogens is 266 g/mol. The fourth-order valence-corrected chi connectivity index (χ4v) is 2.92. The van der Waals surface area contributed by atoms with E-state index >= 15 is 0 Å². The van der Waals surface area contributed by atoms with Crippen LogP contribution in [0.1, 0.15) is 6.42 Å². The van der Waals surface area contributed by atoms with Gasteiger partial charge >= 0.3 is 0 Å². The van der Waals surface area contributed by atoms with Gasteiger partial charge in [-0.25, -0.2) is 4.98 Å². The van der Waals surface area contributed by atoms with Gasteiger partial charge in [-0.15, -0.1) is 0 Å². The molecule has 3 rings (SSSR count). The van der Waals surface area contributed by atoms with Crippen LogP contribution in [0, 0.1) is 0 Å². The van der Waals surface area contributed by atoms with Crippen LogP contribution in [0.5, 0.6) is 5.75 Å². The number of fused-ring (bicyclic) bond motifs is 1. The van der Waals surface area contributed by atoms with Crippen LogP contribution >= 0.6 is 11.6 Å². The van der Waals surface area contributed by atoms with E-state index < -0.39 is 0 Å². The first kappa shape index (κ1) is 12.7. The van der Waals surface area contributed by atoms with E-state index in [4.69, 9.17) is 16.3 Å². The smallest absolute Gasteiger partial charge is 0.236 e. The summed E-state index contributed by atoms with van der Waals surface area (Å²) in [4.78, 5) is 19.7. The third-order valence-electron chi connectivity index (χ3n) is 3.76. The lowest BCUT2D eigenvalue weighted by molar-refractivity contribution is -0.135. The summed E-state index contributed by atoms with van der Waals surface area (Å²) in [5.74, 6) is 0.796. The van der Waals surface area contributed by atoms with Crippen molar-refractivity contribution in [1.82, 2.24) is 14.8 Å². The molecule has 1 amide bonds. The van der Waals surface area contributed by atoms with Crippen molar-refractivity contribution in [2.75, 3.05) is 26.7 Å². The van der Waals surface area contributed by atoms with Crippen molar-refractivity contribution in [2.45, 2.75) is 18.6 Å². The minimum absolute atomic E-state index is 0.0750. The number of rotatable bonds is 2. The standard InChI is InChI=1S/C13H16ClN3O2/c1-16-6-9-5-10(7-17(9)8-12(16)18)19-11-3-2-4-15-13(11)14/h2-4,9-10H,5-8H2,1H3/t9-,10-/m1/s1. The molecule has 2 atom stereocenters. The molecule has 19 heavy (non-hydrogen) atoms. The van der Waals surface area contributed by atoms with Crippen LogP contribution in [0.15, 0.2) is 18.3 Å². The van der Waals surface area contributed by atoms with E-state index in [1.165, 1.54) is 0 Å². The highest BCUT2D eigenvalue weighted by Crippen LogP contribution is 2.28. The highest BCUT2D eigenvalue weighted by molar-refractivity contribution is 6.30. The van der Waals surface area contributed by atoms with Crippen LogP contribution in [0.3, 0.4) is 0 Å². The first-order valence-electron chi connectivity index (χ1n) is 6.38. The first-order valence-corrected chi connectivity index (χ1v) is 6.76. The van der Waals surface area contributed by atoms with Gasteiger partial charge in [-0.3, -0.25) is 9.69 Å². The molecule has 2 fully saturated rings. The number of aromatic nitrogens is 1. The van der Waals surface area contributed by atoms with E-state index in [9.17, 15) is 4.79 Å². The molecule has 1 aromatic heterocycles. The molecule has 0 aromatic carbocycles. The molecular formula is C13H16ClN3O2. The molecule has 1 aromatic rings. The number of piperazine rings is 1. The zero-order valence-corrected chi connectivity index (χ0v) is 11.5. The molecule has 0 N–H and O–H groups in total. The Morgan fingerprint density at radius 3 is 3.11 bits per heavy atom. The molecule has 2 saturated heterocycles. The molecule has 102 valence electrons. The molecule has 2 aliphatic rings. The normalized spacial score (nSPS) is 27.5. The molecule has 0 saturated carbocycles. The maximum Gasteiger partial charge on any atom is 0.236 e. The summed E-state index contributed by atoms with van der Waals surface area (Å²) < 4.78 is 5.90. The number of hydrogen-bond donors (Lipinski definition) is 0. The zero-order chi connectivity index (χ0) is 13.4. The van der Waals surface area contributed by atoms with Gasteiger partial charge in [0.05, 0.1) is 6.54 Å². The summed E-state index contributed by atoms with van der Waals surface area (Å²) >= 11 is 5.99. The summed E-state index contributed by atoms with van der Waals surface area (Å²) in [5.41, 5.74) is 0. The fraction of sp³-hybridized carbons (Fsp3) is 0.538. The fourth-order valence-electron chi connectivity index (χ4n) is 2.76. The Hall–Kier alpha value is -1.33. The van der Waals surface area contributed by atoms with Crippen molar-refractivity contribution in [2.24, 2.45) is 0 Å². The Morgan fingerprint density at radius 2 is 2.32 bits per heavy atom. The number of hydrogen-bond acceptors (Lipinski definition) is 4. The second-order valence-corrected chi connectivity index (χ2v) is 5.48.